The molecule has 3 nitrogen and oxygen atoms in total. The highest BCUT2D eigenvalue weighted by Crippen LogP contribution is 2.17. The van der Waals surface area contributed by atoms with Gasteiger partial charge in [-0.05, 0) is 35.1 Å². The molecule has 2 rings (SSSR count). The van der Waals surface area contributed by atoms with Crippen LogP contribution in [-0.4, -0.2) is 11.7 Å². The van der Waals surface area contributed by atoms with E-state index in [9.17, 15) is 9.59 Å². The molecular weight excluding hydrogens is 282 g/mol. The van der Waals surface area contributed by atoms with Crippen molar-refractivity contribution in [1.29, 1.82) is 0 Å². The summed E-state index contributed by atoms with van der Waals surface area (Å²) in [6, 6.07) is 11.4. The maximum Gasteiger partial charge on any atom is 0.224 e. The van der Waals surface area contributed by atoms with Gasteiger partial charge in [-0.2, -0.15) is 0 Å². The molecule has 0 radical (unpaired) electrons. The van der Waals surface area contributed by atoms with Crippen LogP contribution in [0.1, 0.15) is 47.8 Å². The molecule has 0 aliphatic rings. The van der Waals surface area contributed by atoms with E-state index < -0.39 is 0 Å². The maximum atomic E-state index is 11.8. The van der Waals surface area contributed by atoms with Crippen LogP contribution in [0.2, 0.25) is 0 Å². The third kappa shape index (κ3) is 4.53. The lowest BCUT2D eigenvalue weighted by Gasteiger charge is -2.08. The molecule has 110 valence electrons. The van der Waals surface area contributed by atoms with Gasteiger partial charge < -0.3 is 5.32 Å². The van der Waals surface area contributed by atoms with Crippen LogP contribution in [0.4, 0.5) is 5.69 Å². The van der Waals surface area contributed by atoms with Crippen LogP contribution >= 0.6 is 11.3 Å². The molecular formula is C17H19NO2S. The van der Waals surface area contributed by atoms with Gasteiger partial charge in [0.15, 0.2) is 5.78 Å². The lowest BCUT2D eigenvalue weighted by molar-refractivity contribution is -0.116. The Morgan fingerprint density at radius 2 is 1.81 bits per heavy atom. The van der Waals surface area contributed by atoms with E-state index in [1.165, 1.54) is 16.9 Å². The van der Waals surface area contributed by atoms with Gasteiger partial charge in [-0.25, -0.2) is 0 Å². The minimum Gasteiger partial charge on any atom is -0.326 e. The van der Waals surface area contributed by atoms with E-state index in [1.807, 2.05) is 35.7 Å². The molecule has 0 saturated heterocycles. The molecule has 0 spiro atoms. The smallest absolute Gasteiger partial charge is 0.224 e. The minimum absolute atomic E-state index is 0.0234. The van der Waals surface area contributed by atoms with Crippen molar-refractivity contribution >= 4 is 28.7 Å². The van der Waals surface area contributed by atoms with Crippen molar-refractivity contribution < 1.29 is 9.59 Å². The van der Waals surface area contributed by atoms with Gasteiger partial charge in [0.1, 0.15) is 0 Å². The topological polar surface area (TPSA) is 46.2 Å². The van der Waals surface area contributed by atoms with Gasteiger partial charge in [-0.15, -0.1) is 11.3 Å². The van der Waals surface area contributed by atoms with E-state index in [2.05, 4.69) is 19.2 Å². The number of benzene rings is 1. The molecule has 0 unspecified atom stereocenters. The van der Waals surface area contributed by atoms with Crippen molar-refractivity contribution in [2.24, 2.45) is 0 Å². The predicted molar refractivity (Wildman–Crippen MR) is 87.0 cm³/mol. The first-order valence-corrected chi connectivity index (χ1v) is 7.90. The summed E-state index contributed by atoms with van der Waals surface area (Å²) in [7, 11) is 0. The van der Waals surface area contributed by atoms with Gasteiger partial charge in [-0.1, -0.05) is 32.0 Å². The molecule has 0 bridgehead atoms. The monoisotopic (exact) mass is 301 g/mol. The average Bonchev–Trinajstić information content (AvgIpc) is 2.99. The Bertz CT molecular complexity index is 600. The molecule has 21 heavy (non-hydrogen) atoms. The zero-order chi connectivity index (χ0) is 15.2. The number of anilines is 1. The number of carbonyl (C=O) groups is 2. The largest absolute Gasteiger partial charge is 0.326 e. The quantitative estimate of drug-likeness (QED) is 0.800. The van der Waals surface area contributed by atoms with Crippen LogP contribution in [0.25, 0.3) is 0 Å². The van der Waals surface area contributed by atoms with E-state index in [0.29, 0.717) is 10.8 Å². The fourth-order valence-electron chi connectivity index (χ4n) is 1.96. The van der Waals surface area contributed by atoms with Crippen LogP contribution in [0.15, 0.2) is 41.8 Å². The van der Waals surface area contributed by atoms with Crippen molar-refractivity contribution in [2.45, 2.75) is 32.6 Å². The Hall–Kier alpha value is -1.94. The Morgan fingerprint density at radius 3 is 2.38 bits per heavy atom. The number of hydrogen-bond donors (Lipinski definition) is 1. The van der Waals surface area contributed by atoms with E-state index in [4.69, 9.17) is 0 Å². The van der Waals surface area contributed by atoms with Crippen molar-refractivity contribution in [3.63, 3.8) is 0 Å². The number of carbonyl (C=O) groups excluding carboxylic acids is 2. The van der Waals surface area contributed by atoms with Gasteiger partial charge >= 0.3 is 0 Å². The molecule has 0 saturated carbocycles. The standard InChI is InChI=1S/C17H19NO2S/c1-12(2)13-5-7-14(8-6-13)18-17(20)10-9-15(19)16-4-3-11-21-16/h3-8,11-12H,9-10H2,1-2H3,(H,18,20). The highest BCUT2D eigenvalue weighted by Gasteiger charge is 2.10. The molecule has 1 aromatic heterocycles. The minimum atomic E-state index is -0.128. The molecule has 1 N–H and O–H groups in total. The first-order chi connectivity index (χ1) is 10.1. The Balaban J connectivity index is 1.83. The van der Waals surface area contributed by atoms with E-state index >= 15 is 0 Å². The van der Waals surface area contributed by atoms with Crippen molar-refractivity contribution in [2.75, 3.05) is 5.32 Å². The van der Waals surface area contributed by atoms with Crippen LogP contribution in [0.5, 0.6) is 0 Å². The van der Waals surface area contributed by atoms with E-state index in [1.54, 1.807) is 6.07 Å². The second-order valence-corrected chi connectivity index (χ2v) is 6.17. The van der Waals surface area contributed by atoms with Gasteiger partial charge in [0, 0.05) is 18.5 Å². The number of amides is 1. The fraction of sp³-hybridized carbons (Fsp3) is 0.294. The Labute approximate surface area is 129 Å². The van der Waals surface area contributed by atoms with Crippen molar-refractivity contribution in [3.05, 3.63) is 52.2 Å². The summed E-state index contributed by atoms with van der Waals surface area (Å²) in [4.78, 5) is 24.4. The second kappa shape index (κ2) is 7.18. The lowest BCUT2D eigenvalue weighted by atomic mass is 10.0. The Morgan fingerprint density at radius 1 is 1.10 bits per heavy atom. The fourth-order valence-corrected chi connectivity index (χ4v) is 2.66. The SMILES string of the molecule is CC(C)c1ccc(NC(=O)CCC(=O)c2cccs2)cc1. The zero-order valence-electron chi connectivity index (χ0n) is 12.3. The molecule has 2 aromatic rings. The summed E-state index contributed by atoms with van der Waals surface area (Å²) in [5, 5.41) is 4.69. The van der Waals surface area contributed by atoms with Gasteiger partial charge in [0.25, 0.3) is 0 Å². The summed E-state index contributed by atoms with van der Waals surface area (Å²) < 4.78 is 0. The van der Waals surface area contributed by atoms with E-state index in [-0.39, 0.29) is 24.5 Å². The van der Waals surface area contributed by atoms with Gasteiger partial charge in [-0.3, -0.25) is 9.59 Å². The molecule has 1 amide bonds. The second-order valence-electron chi connectivity index (χ2n) is 5.23. The third-order valence-corrected chi connectivity index (χ3v) is 4.15. The summed E-state index contributed by atoms with van der Waals surface area (Å²) >= 11 is 1.41. The lowest BCUT2D eigenvalue weighted by Crippen LogP contribution is -2.13. The molecule has 1 heterocycles. The Kier molecular flexibility index (Phi) is 5.28. The molecule has 0 fully saturated rings. The predicted octanol–water partition coefficient (Wildman–Crippen LogP) is 4.47. The van der Waals surface area contributed by atoms with Crippen molar-refractivity contribution in [1.82, 2.24) is 0 Å². The number of hydrogen-bond acceptors (Lipinski definition) is 3. The summed E-state index contributed by atoms with van der Waals surface area (Å²) in [5.41, 5.74) is 2.01. The number of thiophene rings is 1. The number of Topliss-reactive ketones (excluding diaryl/α,β-unsaturated/α-hetero) is 1. The van der Waals surface area contributed by atoms with Crippen LogP contribution in [0.3, 0.4) is 0 Å². The summed E-state index contributed by atoms with van der Waals surface area (Å²) in [6.07, 6.45) is 0.457. The van der Waals surface area contributed by atoms with Crippen LogP contribution in [0, 0.1) is 0 Å². The number of nitrogens with one attached hydrogen (secondary N) is 1. The molecule has 0 aliphatic heterocycles. The average molecular weight is 301 g/mol. The van der Waals surface area contributed by atoms with Gasteiger partial charge in [0.2, 0.25) is 5.91 Å². The molecule has 0 atom stereocenters. The first-order valence-electron chi connectivity index (χ1n) is 7.03. The van der Waals surface area contributed by atoms with Crippen molar-refractivity contribution in [3.8, 4) is 0 Å². The molecule has 0 aliphatic carbocycles. The van der Waals surface area contributed by atoms with Crippen LogP contribution in [-0.2, 0) is 4.79 Å². The van der Waals surface area contributed by atoms with Gasteiger partial charge in [0.05, 0.1) is 4.88 Å². The maximum absolute atomic E-state index is 11.8. The highest BCUT2D eigenvalue weighted by atomic mass is 32.1. The molecule has 1 aromatic carbocycles. The molecule has 4 heteroatoms. The number of ketones is 1. The normalized spacial score (nSPS) is 10.6. The highest BCUT2D eigenvalue weighted by molar-refractivity contribution is 7.12. The summed E-state index contributed by atoms with van der Waals surface area (Å²) in [6.45, 7) is 4.26. The third-order valence-electron chi connectivity index (χ3n) is 3.24. The van der Waals surface area contributed by atoms with E-state index in [0.717, 1.165) is 5.69 Å². The first kappa shape index (κ1) is 15.4. The number of rotatable bonds is 6. The zero-order valence-corrected chi connectivity index (χ0v) is 13.1. The van der Waals surface area contributed by atoms with Crippen LogP contribution < -0.4 is 5.32 Å². The summed E-state index contributed by atoms with van der Waals surface area (Å²) in [5.74, 6) is 0.366.